The van der Waals surface area contributed by atoms with Crippen molar-refractivity contribution in [3.63, 3.8) is 0 Å². The molecule has 3 aromatic heterocycles. The normalized spacial score (nSPS) is 12.1. The van der Waals surface area contributed by atoms with Crippen LogP contribution in [0.5, 0.6) is 0 Å². The molecular formula is C52H28N4Zn. The van der Waals surface area contributed by atoms with Crippen LogP contribution in [-0.2, 0) is 19.5 Å². The first kappa shape index (κ1) is 32.3. The molecule has 11 aromatic rings. The largest absolute Gasteiger partial charge is 2.00 e. The molecule has 8 bridgehead atoms. The monoisotopic (exact) mass is 772 g/mol. The van der Waals surface area contributed by atoms with Crippen LogP contribution in [0, 0.1) is 0 Å². The van der Waals surface area contributed by atoms with E-state index in [-0.39, 0.29) is 19.5 Å². The first-order chi connectivity index (χ1) is 27.7. The molecule has 0 aliphatic carbocycles. The maximum absolute atomic E-state index is 5.46. The SMILES string of the molecule is [Zn+2].c1ccc2c3c(ccc2c1)-c1cc2[n-]c(cc4nc(cc5[n-]c(cc-3n1)c1ccc3ccccc3c51)-c1ccc3ccccc3c1-4)c1ccc3ccccc3c21. The van der Waals surface area contributed by atoms with Crippen LogP contribution in [0.15, 0.2) is 170 Å². The molecule has 0 N–H and O–H groups in total. The zero-order chi connectivity index (χ0) is 36.5. The van der Waals surface area contributed by atoms with Gasteiger partial charge in [-0.2, -0.15) is 0 Å². The number of rotatable bonds is 0. The van der Waals surface area contributed by atoms with Crippen LogP contribution < -0.4 is 9.97 Å². The van der Waals surface area contributed by atoms with Crippen molar-refractivity contribution in [3.8, 4) is 45.0 Å². The summed E-state index contributed by atoms with van der Waals surface area (Å²) in [7, 11) is 0. The Bertz CT molecular complexity index is 3480. The van der Waals surface area contributed by atoms with Crippen LogP contribution in [0.1, 0.15) is 0 Å². The molecule has 258 valence electrons. The van der Waals surface area contributed by atoms with Crippen LogP contribution in [-0.4, -0.2) is 9.97 Å². The Morgan fingerprint density at radius 3 is 1.09 bits per heavy atom. The summed E-state index contributed by atoms with van der Waals surface area (Å²) in [6.07, 6.45) is 0. The van der Waals surface area contributed by atoms with E-state index >= 15 is 0 Å². The molecule has 2 aliphatic heterocycles. The molecule has 4 nitrogen and oxygen atoms in total. The number of nitrogens with zero attached hydrogens (tertiary/aromatic N) is 4. The summed E-state index contributed by atoms with van der Waals surface area (Å²) in [5.74, 6) is 0. The van der Waals surface area contributed by atoms with Gasteiger partial charge in [0, 0.05) is 22.3 Å². The molecule has 2 aliphatic rings. The van der Waals surface area contributed by atoms with E-state index in [2.05, 4.69) is 170 Å². The molecule has 13 rings (SSSR count). The smallest absolute Gasteiger partial charge is 0.657 e. The third kappa shape index (κ3) is 4.64. The maximum Gasteiger partial charge on any atom is 2.00 e. The van der Waals surface area contributed by atoms with Crippen molar-refractivity contribution in [3.05, 3.63) is 170 Å². The van der Waals surface area contributed by atoms with E-state index in [0.717, 1.165) is 88.6 Å². The molecule has 0 radical (unpaired) electrons. The van der Waals surface area contributed by atoms with Gasteiger partial charge in [-0.1, -0.05) is 146 Å². The second-order valence-electron chi connectivity index (χ2n) is 14.9. The Morgan fingerprint density at radius 1 is 0.298 bits per heavy atom. The average molecular weight is 774 g/mol. The average Bonchev–Trinajstić information content (AvgIpc) is 3.99. The minimum absolute atomic E-state index is 0. The Kier molecular flexibility index (Phi) is 6.82. The van der Waals surface area contributed by atoms with Crippen molar-refractivity contribution in [2.75, 3.05) is 0 Å². The van der Waals surface area contributed by atoms with Gasteiger partial charge in [-0.3, -0.25) is 0 Å². The summed E-state index contributed by atoms with van der Waals surface area (Å²) in [6.45, 7) is 0. The summed E-state index contributed by atoms with van der Waals surface area (Å²) in [5.41, 5.74) is 11.6. The minimum Gasteiger partial charge on any atom is -0.657 e. The number of aromatic nitrogens is 4. The van der Waals surface area contributed by atoms with Gasteiger partial charge >= 0.3 is 19.5 Å². The third-order valence-electron chi connectivity index (χ3n) is 11.9. The van der Waals surface area contributed by atoms with Crippen molar-refractivity contribution in [1.29, 1.82) is 0 Å². The Morgan fingerprint density at radius 2 is 0.649 bits per heavy atom. The van der Waals surface area contributed by atoms with Crippen LogP contribution in [0.2, 0.25) is 0 Å². The molecule has 0 saturated heterocycles. The molecule has 0 fully saturated rings. The van der Waals surface area contributed by atoms with Crippen molar-refractivity contribution in [1.82, 2.24) is 19.9 Å². The predicted molar refractivity (Wildman–Crippen MR) is 233 cm³/mol. The van der Waals surface area contributed by atoms with Crippen molar-refractivity contribution >= 4 is 86.7 Å². The second kappa shape index (κ2) is 12.0. The first-order valence-electron chi connectivity index (χ1n) is 19.1. The molecule has 0 atom stereocenters. The van der Waals surface area contributed by atoms with Gasteiger partial charge in [0.1, 0.15) is 0 Å². The molecule has 5 heterocycles. The molecular weight excluding hydrogens is 746 g/mol. The van der Waals surface area contributed by atoms with E-state index in [1.807, 2.05) is 0 Å². The zero-order valence-electron chi connectivity index (χ0n) is 30.7. The molecule has 0 spiro atoms. The van der Waals surface area contributed by atoms with Crippen molar-refractivity contribution in [2.45, 2.75) is 0 Å². The van der Waals surface area contributed by atoms with Crippen molar-refractivity contribution < 1.29 is 19.5 Å². The van der Waals surface area contributed by atoms with Gasteiger partial charge in [-0.25, -0.2) is 9.97 Å². The summed E-state index contributed by atoms with van der Waals surface area (Å²) < 4.78 is 0. The van der Waals surface area contributed by atoms with Gasteiger partial charge in [0.25, 0.3) is 0 Å². The number of fused-ring (bicyclic) bond motifs is 28. The van der Waals surface area contributed by atoms with E-state index in [1.165, 1.54) is 43.1 Å². The van der Waals surface area contributed by atoms with Crippen LogP contribution in [0.3, 0.4) is 0 Å². The summed E-state index contributed by atoms with van der Waals surface area (Å²) in [6, 6.07) is 60.8. The standard InChI is InChI=1S/C52H28N4.Zn/c1-5-13-33-29(9-1)17-21-37-41-26-46-51-35-15-7-3-11-31(35)19-23-39(51)43(55-46)28-48-52-36-16-8-4-12-32(36)20-24-40(52)44(56-48)27-47-50-34-14-6-2-10-30(34)18-22-38(50)42(54-47)25-45(53-41)49(33)37;/h1-28H;/q-2;+2. The second-order valence-corrected chi connectivity index (χ2v) is 14.9. The van der Waals surface area contributed by atoms with Gasteiger partial charge in [-0.05, 0) is 88.9 Å². The van der Waals surface area contributed by atoms with E-state index in [1.54, 1.807) is 0 Å². The van der Waals surface area contributed by atoms with Gasteiger partial charge in [0.15, 0.2) is 0 Å². The minimum atomic E-state index is 0. The predicted octanol–water partition coefficient (Wildman–Crippen LogP) is 13.2. The van der Waals surface area contributed by atoms with Gasteiger partial charge in [-0.15, -0.1) is 22.1 Å². The first-order valence-corrected chi connectivity index (χ1v) is 19.1. The molecule has 0 unspecified atom stereocenters. The van der Waals surface area contributed by atoms with E-state index in [9.17, 15) is 0 Å². The fourth-order valence-electron chi connectivity index (χ4n) is 9.40. The topological polar surface area (TPSA) is 54.0 Å². The summed E-state index contributed by atoms with van der Waals surface area (Å²) in [5, 5.41) is 13.8. The number of benzene rings is 8. The molecule has 0 saturated carbocycles. The molecule has 0 amide bonds. The Hall–Kier alpha value is -6.94. The fraction of sp³-hybridized carbons (Fsp3) is 0. The van der Waals surface area contributed by atoms with Crippen LogP contribution in [0.25, 0.3) is 132 Å². The summed E-state index contributed by atoms with van der Waals surface area (Å²) >= 11 is 0. The van der Waals surface area contributed by atoms with E-state index in [4.69, 9.17) is 19.9 Å². The van der Waals surface area contributed by atoms with E-state index < -0.39 is 0 Å². The van der Waals surface area contributed by atoms with Gasteiger partial charge in [0.2, 0.25) is 0 Å². The number of hydrogen-bond acceptors (Lipinski definition) is 2. The Balaban J connectivity index is 0.00000356. The molecule has 57 heavy (non-hydrogen) atoms. The fourth-order valence-corrected chi connectivity index (χ4v) is 9.40. The Labute approximate surface area is 339 Å². The van der Waals surface area contributed by atoms with Crippen molar-refractivity contribution in [2.24, 2.45) is 0 Å². The maximum atomic E-state index is 5.46. The number of hydrogen-bond donors (Lipinski definition) is 0. The third-order valence-corrected chi connectivity index (χ3v) is 11.9. The van der Waals surface area contributed by atoms with E-state index in [0.29, 0.717) is 0 Å². The quantitative estimate of drug-likeness (QED) is 0.144. The molecule has 5 heteroatoms. The van der Waals surface area contributed by atoms with Crippen LogP contribution >= 0.6 is 0 Å². The summed E-state index contributed by atoms with van der Waals surface area (Å²) in [4.78, 5) is 21.8. The van der Waals surface area contributed by atoms with Gasteiger partial charge in [0.05, 0.1) is 22.8 Å². The molecule has 8 aromatic carbocycles. The van der Waals surface area contributed by atoms with Crippen LogP contribution in [0.4, 0.5) is 0 Å². The van der Waals surface area contributed by atoms with Gasteiger partial charge < -0.3 is 9.97 Å². The zero-order valence-corrected chi connectivity index (χ0v) is 33.6.